The van der Waals surface area contributed by atoms with E-state index < -0.39 is 0 Å². The van der Waals surface area contributed by atoms with Crippen LogP contribution in [0.4, 0.5) is 0 Å². The Balaban J connectivity index is 0.963. The van der Waals surface area contributed by atoms with Crippen LogP contribution in [0.3, 0.4) is 0 Å². The van der Waals surface area contributed by atoms with E-state index in [2.05, 4.69) is 153 Å². The standard InChI is InChI=1S/C59H46N4/c1-58(2)51-23-7-6-18-46(51)48-20-11-22-50(53(48)58)57-62-55(38-13-4-3-5-14-38)61-56(63-57)42-17-9-15-39(32-42)40-24-25-47-49-21-10-19-45(41-16-8-12-35(27-41)34-60)54(49)59(52(47)33-40)43-28-36-26-37(30-43)31-44(59)29-36/h3-25,27,32-33,36-37,43-44H,26,28-31H2,1-2H3. The lowest BCUT2D eigenvalue weighted by Crippen LogP contribution is -2.55. The summed E-state index contributed by atoms with van der Waals surface area (Å²) in [4.78, 5) is 15.8. The van der Waals surface area contributed by atoms with Gasteiger partial charge in [-0.3, -0.25) is 0 Å². The second kappa shape index (κ2) is 13.5. The SMILES string of the molecule is CC1(C)c2ccccc2-c2cccc(-c3nc(-c4ccccc4)nc(-c4cccc(-c5ccc6c(c5)C5(c7c(-c8cccc(C#N)c8)cccc7-6)C6CC7CC(C6)CC5C7)c4)n3)c21. The molecular formula is C59H46N4. The summed E-state index contributed by atoms with van der Waals surface area (Å²) in [5.41, 5.74) is 19.2. The Hall–Kier alpha value is -6.96. The molecule has 4 saturated carbocycles. The van der Waals surface area contributed by atoms with Gasteiger partial charge in [0.25, 0.3) is 0 Å². The molecule has 8 aromatic rings. The molecule has 14 rings (SSSR count). The van der Waals surface area contributed by atoms with Crippen molar-refractivity contribution in [3.8, 4) is 84.7 Å². The van der Waals surface area contributed by atoms with Crippen molar-refractivity contribution in [3.05, 3.63) is 186 Å². The second-order valence-corrected chi connectivity index (χ2v) is 19.5. The summed E-state index contributed by atoms with van der Waals surface area (Å²) in [6, 6.07) is 59.4. The van der Waals surface area contributed by atoms with Crippen molar-refractivity contribution in [2.24, 2.45) is 23.7 Å². The summed E-state index contributed by atoms with van der Waals surface area (Å²) in [5, 5.41) is 9.94. The van der Waals surface area contributed by atoms with Crippen molar-refractivity contribution in [2.45, 2.75) is 56.8 Å². The molecule has 4 nitrogen and oxygen atoms in total. The van der Waals surface area contributed by atoms with Crippen LogP contribution in [-0.4, -0.2) is 15.0 Å². The highest BCUT2D eigenvalue weighted by atomic mass is 15.0. The Morgan fingerprint density at radius 3 is 1.76 bits per heavy atom. The third kappa shape index (κ3) is 5.29. The molecule has 302 valence electrons. The number of hydrogen-bond donors (Lipinski definition) is 0. The molecule has 1 spiro atoms. The Labute approximate surface area is 369 Å². The molecule has 0 amide bonds. The van der Waals surface area contributed by atoms with Crippen molar-refractivity contribution in [2.75, 3.05) is 0 Å². The molecule has 7 aromatic carbocycles. The first-order valence-corrected chi connectivity index (χ1v) is 22.8. The van der Waals surface area contributed by atoms with Crippen LogP contribution in [0.5, 0.6) is 0 Å². The van der Waals surface area contributed by atoms with Crippen LogP contribution < -0.4 is 0 Å². The first-order chi connectivity index (χ1) is 30.9. The van der Waals surface area contributed by atoms with E-state index in [1.807, 2.05) is 24.3 Å². The van der Waals surface area contributed by atoms with Crippen molar-refractivity contribution < 1.29 is 0 Å². The fraction of sp³-hybridized carbons (Fsp3) is 0.220. The topological polar surface area (TPSA) is 62.5 Å². The fourth-order valence-electron chi connectivity index (χ4n) is 13.6. The van der Waals surface area contributed by atoms with Crippen molar-refractivity contribution in [1.82, 2.24) is 15.0 Å². The molecule has 6 aliphatic rings. The molecule has 4 heteroatoms. The van der Waals surface area contributed by atoms with E-state index >= 15 is 0 Å². The van der Waals surface area contributed by atoms with Crippen LogP contribution in [0, 0.1) is 35.0 Å². The largest absolute Gasteiger partial charge is 0.208 e. The van der Waals surface area contributed by atoms with Crippen LogP contribution in [0.25, 0.3) is 78.7 Å². The summed E-state index contributed by atoms with van der Waals surface area (Å²) in [6.07, 6.45) is 6.62. The van der Waals surface area contributed by atoms with Gasteiger partial charge in [0.1, 0.15) is 0 Å². The maximum atomic E-state index is 9.94. The second-order valence-electron chi connectivity index (χ2n) is 19.5. The monoisotopic (exact) mass is 810 g/mol. The summed E-state index contributed by atoms with van der Waals surface area (Å²) in [6.45, 7) is 4.64. The molecule has 1 heterocycles. The molecular weight excluding hydrogens is 765 g/mol. The van der Waals surface area contributed by atoms with Gasteiger partial charge in [-0.05, 0) is 147 Å². The lowest BCUT2D eigenvalue weighted by Gasteiger charge is -2.61. The van der Waals surface area contributed by atoms with Crippen LogP contribution in [0.2, 0.25) is 0 Å². The summed E-state index contributed by atoms with van der Waals surface area (Å²) in [7, 11) is 0. The molecule has 0 N–H and O–H groups in total. The van der Waals surface area contributed by atoms with Gasteiger partial charge in [0.15, 0.2) is 17.5 Å². The number of nitriles is 1. The third-order valence-electron chi connectivity index (χ3n) is 15.9. The Morgan fingerprint density at radius 1 is 0.429 bits per heavy atom. The zero-order valence-corrected chi connectivity index (χ0v) is 35.6. The Kier molecular flexibility index (Phi) is 7.87. The van der Waals surface area contributed by atoms with Gasteiger partial charge in [-0.1, -0.05) is 147 Å². The minimum absolute atomic E-state index is 0.0535. The van der Waals surface area contributed by atoms with E-state index in [9.17, 15) is 5.26 Å². The van der Waals surface area contributed by atoms with Crippen LogP contribution in [-0.2, 0) is 10.8 Å². The molecule has 6 aliphatic carbocycles. The molecule has 0 saturated heterocycles. The normalized spacial score (nSPS) is 22.6. The number of aromatic nitrogens is 3. The van der Waals surface area contributed by atoms with Gasteiger partial charge < -0.3 is 0 Å². The van der Waals surface area contributed by atoms with Crippen LogP contribution in [0.1, 0.15) is 73.8 Å². The van der Waals surface area contributed by atoms with Crippen molar-refractivity contribution in [3.63, 3.8) is 0 Å². The number of benzene rings is 7. The fourth-order valence-corrected chi connectivity index (χ4v) is 13.6. The zero-order valence-electron chi connectivity index (χ0n) is 35.6. The lowest BCUT2D eigenvalue weighted by molar-refractivity contribution is -0.0397. The van der Waals surface area contributed by atoms with E-state index in [0.717, 1.165) is 39.7 Å². The highest BCUT2D eigenvalue weighted by Crippen LogP contribution is 2.70. The molecule has 0 radical (unpaired) electrons. The van der Waals surface area contributed by atoms with Gasteiger partial charge in [0, 0.05) is 27.5 Å². The smallest absolute Gasteiger partial charge is 0.164 e. The molecule has 0 unspecified atom stereocenters. The van der Waals surface area contributed by atoms with Gasteiger partial charge in [-0.2, -0.15) is 5.26 Å². The quantitative estimate of drug-likeness (QED) is 0.174. The maximum Gasteiger partial charge on any atom is 0.164 e. The lowest BCUT2D eigenvalue weighted by atomic mass is 9.42. The minimum atomic E-state index is -0.217. The summed E-state index contributed by atoms with van der Waals surface area (Å²) in [5.74, 6) is 4.91. The highest BCUT2D eigenvalue weighted by molar-refractivity contribution is 5.91. The van der Waals surface area contributed by atoms with Crippen LogP contribution >= 0.6 is 0 Å². The van der Waals surface area contributed by atoms with Crippen molar-refractivity contribution in [1.29, 1.82) is 5.26 Å². The van der Waals surface area contributed by atoms with Gasteiger partial charge in [-0.25, -0.2) is 15.0 Å². The van der Waals surface area contributed by atoms with Gasteiger partial charge in [0.2, 0.25) is 0 Å². The zero-order chi connectivity index (χ0) is 42.0. The average molecular weight is 811 g/mol. The number of fused-ring (bicyclic) bond motifs is 6. The van der Waals surface area contributed by atoms with E-state index in [1.54, 1.807) is 0 Å². The van der Waals surface area contributed by atoms with Gasteiger partial charge in [-0.15, -0.1) is 0 Å². The van der Waals surface area contributed by atoms with Gasteiger partial charge >= 0.3 is 0 Å². The van der Waals surface area contributed by atoms with Crippen molar-refractivity contribution >= 4 is 0 Å². The van der Waals surface area contributed by atoms with Crippen LogP contribution in [0.15, 0.2) is 158 Å². The molecule has 4 bridgehead atoms. The summed E-state index contributed by atoms with van der Waals surface area (Å²) < 4.78 is 0. The molecule has 1 aromatic heterocycles. The minimum Gasteiger partial charge on any atom is -0.208 e. The molecule has 0 atom stereocenters. The first kappa shape index (κ1) is 36.7. The van der Waals surface area contributed by atoms with E-state index in [0.29, 0.717) is 34.9 Å². The highest BCUT2D eigenvalue weighted by Gasteiger charge is 2.62. The Morgan fingerprint density at radius 2 is 0.984 bits per heavy atom. The molecule has 4 fully saturated rings. The number of hydrogen-bond acceptors (Lipinski definition) is 4. The van der Waals surface area contributed by atoms with E-state index in [1.165, 1.54) is 87.7 Å². The number of nitrogens with zero attached hydrogens (tertiary/aromatic N) is 4. The number of rotatable bonds is 5. The van der Waals surface area contributed by atoms with E-state index in [4.69, 9.17) is 15.0 Å². The first-order valence-electron chi connectivity index (χ1n) is 22.8. The predicted molar refractivity (Wildman–Crippen MR) is 253 cm³/mol. The third-order valence-corrected chi connectivity index (χ3v) is 15.9. The maximum absolute atomic E-state index is 9.94. The Bertz CT molecular complexity index is 3210. The molecule has 0 aliphatic heterocycles. The molecule has 63 heavy (non-hydrogen) atoms. The summed E-state index contributed by atoms with van der Waals surface area (Å²) >= 11 is 0. The van der Waals surface area contributed by atoms with E-state index in [-0.39, 0.29) is 10.8 Å². The average Bonchev–Trinajstić information content (AvgIpc) is 3.76. The van der Waals surface area contributed by atoms with Gasteiger partial charge in [0.05, 0.1) is 11.6 Å². The predicted octanol–water partition coefficient (Wildman–Crippen LogP) is 14.1.